The maximum Gasteiger partial charge on any atom is 0.342 e. The van der Waals surface area contributed by atoms with Crippen molar-refractivity contribution >= 4 is 29.5 Å². The molecule has 0 aliphatic rings. The van der Waals surface area contributed by atoms with Crippen LogP contribution < -0.4 is 15.4 Å². The Labute approximate surface area is 379 Å². The van der Waals surface area contributed by atoms with E-state index in [9.17, 15) is 24.0 Å². The van der Waals surface area contributed by atoms with Gasteiger partial charge in [0, 0.05) is 19.5 Å². The molecule has 0 spiro atoms. The van der Waals surface area contributed by atoms with Crippen LogP contribution in [0.4, 0.5) is 0 Å². The third-order valence-electron chi connectivity index (χ3n) is 9.46. The van der Waals surface area contributed by atoms with Crippen LogP contribution in [0.2, 0.25) is 0 Å². The van der Waals surface area contributed by atoms with E-state index in [4.69, 9.17) is 33.2 Å². The first kappa shape index (κ1) is 57.4. The normalized spacial score (nSPS) is 11.6. The van der Waals surface area contributed by atoms with Gasteiger partial charge in [-0.2, -0.15) is 0 Å². The fourth-order valence-corrected chi connectivity index (χ4v) is 6.41. The molecule has 362 valence electrons. The number of carbonyl (C=O) groups excluding carboxylic acids is 5. The van der Waals surface area contributed by atoms with E-state index in [0.29, 0.717) is 44.1 Å². The van der Waals surface area contributed by atoms with Crippen LogP contribution in [0.25, 0.3) is 0 Å². The van der Waals surface area contributed by atoms with Crippen LogP contribution in [0.1, 0.15) is 174 Å². The summed E-state index contributed by atoms with van der Waals surface area (Å²) in [5, 5.41) is 5.41. The molecule has 2 amide bonds. The number of aryl methyl sites for hydroxylation is 1. The fraction of sp³-hybridized carbons (Fsp3) is 0.776. The summed E-state index contributed by atoms with van der Waals surface area (Å²) in [7, 11) is 0. The van der Waals surface area contributed by atoms with Crippen molar-refractivity contribution in [2.24, 2.45) is 0 Å². The Morgan fingerprint density at radius 2 is 0.952 bits per heavy atom. The van der Waals surface area contributed by atoms with Gasteiger partial charge in [-0.05, 0) is 85.4 Å². The second-order valence-corrected chi connectivity index (χ2v) is 18.1. The molecule has 14 heteroatoms. The third kappa shape index (κ3) is 36.4. The van der Waals surface area contributed by atoms with Crippen molar-refractivity contribution in [3.05, 3.63) is 29.3 Å². The van der Waals surface area contributed by atoms with E-state index in [0.717, 1.165) is 37.7 Å². The second-order valence-electron chi connectivity index (χ2n) is 18.1. The SMILES string of the molecule is CC(=O)COCCOCCNC(=O)COCCOCCNC(=O)COc1ccc(CCCCCCCCCCCCCCCCCCC(=O)OC(C)(C)C)cc1C(=O)OC(C)(C)C. The molecule has 1 aromatic rings. The van der Waals surface area contributed by atoms with Gasteiger partial charge in [-0.3, -0.25) is 19.2 Å². The number of unbranched alkanes of at least 4 members (excludes halogenated alkanes) is 15. The number of ketones is 1. The summed E-state index contributed by atoms with van der Waals surface area (Å²) in [6.45, 7) is 14.6. The minimum absolute atomic E-state index is 0.0454. The smallest absolute Gasteiger partial charge is 0.342 e. The largest absolute Gasteiger partial charge is 0.483 e. The standard InChI is InChI=1S/C49H84N2O12/c1-40(52)37-59-34-32-57-30-28-50-44(53)38-60-35-33-58-31-29-51-45(54)39-61-43-27-26-41(36-42(43)47(56)63-49(5,6)7)24-22-20-18-16-14-12-10-8-9-11-13-15-17-19-21-23-25-46(55)62-48(2,3)4/h26-27,36H,8-25,28-35,37-39H2,1-7H3,(H,50,53)(H,51,54). The van der Waals surface area contributed by atoms with Crippen LogP contribution >= 0.6 is 0 Å². The number of esters is 2. The molecule has 14 nitrogen and oxygen atoms in total. The number of nitrogens with one attached hydrogen (secondary N) is 2. The highest BCUT2D eigenvalue weighted by Crippen LogP contribution is 2.25. The summed E-state index contributed by atoms with van der Waals surface area (Å²) in [6.07, 6.45) is 20.9. The minimum atomic E-state index is -0.683. The van der Waals surface area contributed by atoms with E-state index in [1.807, 2.05) is 53.7 Å². The molecule has 0 bridgehead atoms. The van der Waals surface area contributed by atoms with Gasteiger partial charge in [-0.25, -0.2) is 4.79 Å². The van der Waals surface area contributed by atoms with Crippen LogP contribution in [0, 0.1) is 0 Å². The van der Waals surface area contributed by atoms with Crippen LogP contribution in [0.15, 0.2) is 18.2 Å². The first-order valence-corrected chi connectivity index (χ1v) is 23.6. The van der Waals surface area contributed by atoms with Crippen molar-refractivity contribution in [1.82, 2.24) is 10.6 Å². The Kier molecular flexibility index (Phi) is 32.6. The number of carbonyl (C=O) groups is 5. The van der Waals surface area contributed by atoms with Gasteiger partial charge < -0.3 is 43.8 Å². The predicted octanol–water partition coefficient (Wildman–Crippen LogP) is 8.42. The molecule has 0 aliphatic heterocycles. The predicted molar refractivity (Wildman–Crippen MR) is 245 cm³/mol. The van der Waals surface area contributed by atoms with Crippen molar-refractivity contribution in [3.63, 3.8) is 0 Å². The van der Waals surface area contributed by atoms with E-state index < -0.39 is 17.2 Å². The number of hydrogen-bond donors (Lipinski definition) is 2. The third-order valence-corrected chi connectivity index (χ3v) is 9.46. The van der Waals surface area contributed by atoms with E-state index >= 15 is 0 Å². The van der Waals surface area contributed by atoms with Gasteiger partial charge in [0.25, 0.3) is 5.91 Å². The molecule has 0 aliphatic carbocycles. The Morgan fingerprint density at radius 1 is 0.508 bits per heavy atom. The molecule has 1 aromatic carbocycles. The molecule has 0 fully saturated rings. The zero-order valence-corrected chi connectivity index (χ0v) is 40.1. The summed E-state index contributed by atoms with van der Waals surface area (Å²) in [5.41, 5.74) is 0.262. The van der Waals surface area contributed by atoms with Crippen LogP contribution in [-0.2, 0) is 54.0 Å². The van der Waals surface area contributed by atoms with E-state index in [2.05, 4.69) is 10.6 Å². The molecule has 63 heavy (non-hydrogen) atoms. The average molecular weight is 893 g/mol. The van der Waals surface area contributed by atoms with Crippen molar-refractivity contribution < 1.29 is 57.1 Å². The van der Waals surface area contributed by atoms with Gasteiger partial charge in [0.2, 0.25) is 5.91 Å². The Morgan fingerprint density at radius 3 is 1.44 bits per heavy atom. The van der Waals surface area contributed by atoms with Gasteiger partial charge in [-0.15, -0.1) is 0 Å². The first-order valence-electron chi connectivity index (χ1n) is 23.6. The van der Waals surface area contributed by atoms with Gasteiger partial charge in [0.05, 0.1) is 39.6 Å². The first-order chi connectivity index (χ1) is 30.1. The lowest BCUT2D eigenvalue weighted by atomic mass is 10.0. The highest BCUT2D eigenvalue weighted by Gasteiger charge is 2.22. The van der Waals surface area contributed by atoms with E-state index in [-0.39, 0.29) is 69.8 Å². The van der Waals surface area contributed by atoms with Crippen molar-refractivity contribution in [2.45, 2.75) is 175 Å². The summed E-state index contributed by atoms with van der Waals surface area (Å²) < 4.78 is 38.0. The second kappa shape index (κ2) is 35.7. The van der Waals surface area contributed by atoms with Gasteiger partial charge in [0.1, 0.15) is 35.7 Å². The zero-order valence-electron chi connectivity index (χ0n) is 40.1. The summed E-state index contributed by atoms with van der Waals surface area (Å²) in [4.78, 5) is 60.1. The summed E-state index contributed by atoms with van der Waals surface area (Å²) >= 11 is 0. The highest BCUT2D eigenvalue weighted by atomic mass is 16.6. The zero-order chi connectivity index (χ0) is 46.6. The monoisotopic (exact) mass is 893 g/mol. The molecule has 0 atom stereocenters. The number of benzene rings is 1. The summed E-state index contributed by atoms with van der Waals surface area (Å²) in [6, 6.07) is 5.51. The average Bonchev–Trinajstić information content (AvgIpc) is 3.20. The van der Waals surface area contributed by atoms with Crippen molar-refractivity contribution in [3.8, 4) is 5.75 Å². The van der Waals surface area contributed by atoms with Crippen molar-refractivity contribution in [1.29, 1.82) is 0 Å². The molecular weight excluding hydrogens is 809 g/mol. The number of amides is 2. The molecule has 0 aromatic heterocycles. The van der Waals surface area contributed by atoms with Crippen LogP contribution in [0.5, 0.6) is 5.75 Å². The molecule has 0 radical (unpaired) electrons. The van der Waals surface area contributed by atoms with E-state index in [1.165, 1.54) is 84.0 Å². The number of hydrogen-bond acceptors (Lipinski definition) is 12. The molecule has 0 unspecified atom stereocenters. The summed E-state index contributed by atoms with van der Waals surface area (Å²) in [5.74, 6) is -0.950. The fourth-order valence-electron chi connectivity index (χ4n) is 6.41. The number of ether oxygens (including phenoxy) is 7. The lowest BCUT2D eigenvalue weighted by Gasteiger charge is -2.21. The van der Waals surface area contributed by atoms with E-state index in [1.54, 1.807) is 6.07 Å². The highest BCUT2D eigenvalue weighted by molar-refractivity contribution is 5.93. The molecule has 0 heterocycles. The Bertz CT molecular complexity index is 1410. The lowest BCUT2D eigenvalue weighted by molar-refractivity contribution is -0.155. The minimum Gasteiger partial charge on any atom is -0.483 e. The Hall–Kier alpha value is -3.59. The quantitative estimate of drug-likeness (QED) is 0.0478. The molecule has 1 rings (SSSR count). The topological polar surface area (TPSA) is 174 Å². The molecule has 2 N–H and O–H groups in total. The Balaban J connectivity index is 2.18. The molecular formula is C49H84N2O12. The van der Waals surface area contributed by atoms with Gasteiger partial charge in [-0.1, -0.05) is 96.0 Å². The van der Waals surface area contributed by atoms with Gasteiger partial charge in [0.15, 0.2) is 12.4 Å². The number of Topliss-reactive ketones (excluding diaryl/α,β-unsaturated/α-hetero) is 1. The van der Waals surface area contributed by atoms with Gasteiger partial charge >= 0.3 is 11.9 Å². The maximum absolute atomic E-state index is 13.1. The maximum atomic E-state index is 13.1. The van der Waals surface area contributed by atoms with Crippen LogP contribution in [-0.4, -0.2) is 113 Å². The molecule has 0 saturated heterocycles. The van der Waals surface area contributed by atoms with Crippen LogP contribution in [0.3, 0.4) is 0 Å². The lowest BCUT2D eigenvalue weighted by Crippen LogP contribution is -2.32. The molecule has 0 saturated carbocycles. The van der Waals surface area contributed by atoms with Crippen molar-refractivity contribution in [2.75, 3.05) is 72.6 Å². The number of rotatable bonds is 39.